The van der Waals surface area contributed by atoms with Crippen molar-refractivity contribution in [1.82, 2.24) is 5.32 Å². The number of methoxy groups -OCH3 is 1. The van der Waals surface area contributed by atoms with E-state index in [9.17, 15) is 18.0 Å². The fraction of sp³-hybridized carbons (Fsp3) is 0.231. The van der Waals surface area contributed by atoms with Crippen LogP contribution in [0.1, 0.15) is 35.3 Å². The van der Waals surface area contributed by atoms with E-state index in [1.807, 2.05) is 0 Å². The predicted octanol–water partition coefficient (Wildman–Crippen LogP) is 5.44. The number of amides is 1. The van der Waals surface area contributed by atoms with Gasteiger partial charge in [-0.1, -0.05) is 23.7 Å². The third kappa shape index (κ3) is 7.53. The molecule has 38 heavy (non-hydrogen) atoms. The summed E-state index contributed by atoms with van der Waals surface area (Å²) < 4.78 is 59.4. The zero-order chi connectivity index (χ0) is 27.1. The molecule has 0 aliphatic heterocycles. The normalized spacial score (nSPS) is 11.3. The first-order chi connectivity index (χ1) is 17.6. The van der Waals surface area contributed by atoms with E-state index >= 15 is 0 Å². The Kier molecular flexibility index (Phi) is 11.2. The lowest BCUT2D eigenvalue weighted by Crippen LogP contribution is -2.32. The standard InChI is InChI=1S/C26H25ClF3N3O4.ClH/c1-3-36-24(23-20(29)10-18(35-2)11-21(23)30)26(34)33-12-15-5-4-14(25(31)32)9-22(15)37-13-16-8-17(27)6-7-19(16)28;/h4-11,24H,3,12-13H2,1-2H3,(H3,31,32)(H,33,34);1H/t24-;/m0./s1. The van der Waals surface area contributed by atoms with Gasteiger partial charge in [0.25, 0.3) is 5.91 Å². The third-order valence-electron chi connectivity index (χ3n) is 5.34. The Morgan fingerprint density at radius 1 is 1.05 bits per heavy atom. The average Bonchev–Trinajstić information content (AvgIpc) is 2.86. The van der Waals surface area contributed by atoms with Gasteiger partial charge in [-0.25, -0.2) is 13.2 Å². The van der Waals surface area contributed by atoms with Crippen molar-refractivity contribution in [3.63, 3.8) is 0 Å². The Morgan fingerprint density at radius 3 is 2.34 bits per heavy atom. The molecule has 4 N–H and O–H groups in total. The van der Waals surface area contributed by atoms with Crippen molar-refractivity contribution < 1.29 is 32.2 Å². The summed E-state index contributed by atoms with van der Waals surface area (Å²) in [6, 6.07) is 10.5. The number of carbonyl (C=O) groups excluding carboxylic acids is 1. The monoisotopic (exact) mass is 571 g/mol. The second-order valence-electron chi connectivity index (χ2n) is 7.82. The summed E-state index contributed by atoms with van der Waals surface area (Å²) in [5.74, 6) is -3.37. The van der Waals surface area contributed by atoms with Gasteiger partial charge in [0.2, 0.25) is 0 Å². The molecule has 0 unspecified atom stereocenters. The van der Waals surface area contributed by atoms with E-state index in [-0.39, 0.29) is 55.1 Å². The molecule has 0 radical (unpaired) electrons. The molecule has 204 valence electrons. The van der Waals surface area contributed by atoms with Crippen LogP contribution in [0.2, 0.25) is 5.02 Å². The van der Waals surface area contributed by atoms with Crippen LogP contribution >= 0.6 is 24.0 Å². The van der Waals surface area contributed by atoms with Crippen LogP contribution in [0.25, 0.3) is 0 Å². The first-order valence-corrected chi connectivity index (χ1v) is 11.5. The van der Waals surface area contributed by atoms with Crippen LogP contribution in [0.3, 0.4) is 0 Å². The minimum absolute atomic E-state index is 0. The van der Waals surface area contributed by atoms with Crippen molar-refractivity contribution in [3.8, 4) is 11.5 Å². The lowest BCUT2D eigenvalue weighted by atomic mass is 10.1. The maximum Gasteiger partial charge on any atom is 0.254 e. The zero-order valence-corrected chi connectivity index (χ0v) is 22.0. The molecule has 0 saturated heterocycles. The van der Waals surface area contributed by atoms with E-state index < -0.39 is 35.0 Å². The quantitative estimate of drug-likeness (QED) is 0.210. The van der Waals surface area contributed by atoms with Gasteiger partial charge in [-0.3, -0.25) is 10.2 Å². The Hall–Kier alpha value is -3.47. The van der Waals surface area contributed by atoms with E-state index in [1.54, 1.807) is 19.1 Å². The number of nitrogens with two attached hydrogens (primary N) is 1. The Morgan fingerprint density at radius 2 is 1.74 bits per heavy atom. The molecule has 0 saturated carbocycles. The molecule has 0 spiro atoms. The minimum atomic E-state index is -1.57. The van der Waals surface area contributed by atoms with Crippen LogP contribution in [0, 0.1) is 22.9 Å². The highest BCUT2D eigenvalue weighted by Crippen LogP contribution is 2.29. The molecule has 0 heterocycles. The van der Waals surface area contributed by atoms with Crippen molar-refractivity contribution in [2.45, 2.75) is 26.2 Å². The minimum Gasteiger partial charge on any atom is -0.497 e. The molecule has 12 heteroatoms. The molecule has 1 amide bonds. The molecule has 3 aromatic carbocycles. The summed E-state index contributed by atoms with van der Waals surface area (Å²) in [5.41, 5.74) is 5.99. The SMILES string of the molecule is CCO[C@H](C(=O)NCc1ccc(C(=N)N)cc1OCc1cc(Cl)ccc1F)c1c(F)cc(OC)cc1F.Cl. The molecule has 3 rings (SSSR count). The average molecular weight is 572 g/mol. The summed E-state index contributed by atoms with van der Waals surface area (Å²) in [6.07, 6.45) is -1.57. The van der Waals surface area contributed by atoms with Gasteiger partial charge in [-0.15, -0.1) is 12.4 Å². The first kappa shape index (κ1) is 30.8. The fourth-order valence-electron chi connectivity index (χ4n) is 3.47. The van der Waals surface area contributed by atoms with Crippen molar-refractivity contribution >= 4 is 35.8 Å². The lowest BCUT2D eigenvalue weighted by Gasteiger charge is -2.20. The second kappa shape index (κ2) is 13.9. The number of rotatable bonds is 11. The van der Waals surface area contributed by atoms with E-state index in [2.05, 4.69) is 5.32 Å². The van der Waals surface area contributed by atoms with Crippen LogP contribution in [0.4, 0.5) is 13.2 Å². The number of ether oxygens (including phenoxy) is 3. The number of nitrogens with one attached hydrogen (secondary N) is 2. The molecule has 0 fully saturated rings. The number of benzene rings is 3. The van der Waals surface area contributed by atoms with Gasteiger partial charge >= 0.3 is 0 Å². The third-order valence-corrected chi connectivity index (χ3v) is 5.58. The zero-order valence-electron chi connectivity index (χ0n) is 20.4. The highest BCUT2D eigenvalue weighted by atomic mass is 35.5. The number of halogens is 5. The van der Waals surface area contributed by atoms with Gasteiger partial charge < -0.3 is 25.3 Å². The highest BCUT2D eigenvalue weighted by molar-refractivity contribution is 6.30. The van der Waals surface area contributed by atoms with Crippen LogP contribution in [-0.4, -0.2) is 25.5 Å². The molecule has 0 aliphatic rings. The van der Waals surface area contributed by atoms with E-state index in [1.165, 1.54) is 31.4 Å². The summed E-state index contributed by atoms with van der Waals surface area (Å²) in [6.45, 7) is 1.27. The van der Waals surface area contributed by atoms with Crippen LogP contribution in [-0.2, 0) is 22.7 Å². The largest absolute Gasteiger partial charge is 0.497 e. The fourth-order valence-corrected chi connectivity index (χ4v) is 3.67. The van der Waals surface area contributed by atoms with E-state index in [0.717, 1.165) is 12.1 Å². The summed E-state index contributed by atoms with van der Waals surface area (Å²) in [7, 11) is 1.26. The van der Waals surface area contributed by atoms with Gasteiger partial charge in [0.15, 0.2) is 6.10 Å². The molecule has 0 aliphatic carbocycles. The Labute approximate surface area is 228 Å². The van der Waals surface area contributed by atoms with Crippen LogP contribution < -0.4 is 20.5 Å². The van der Waals surface area contributed by atoms with Crippen LogP contribution in [0.5, 0.6) is 11.5 Å². The maximum atomic E-state index is 14.6. The van der Waals surface area contributed by atoms with Crippen molar-refractivity contribution in [1.29, 1.82) is 5.41 Å². The Balaban J connectivity index is 0.00000507. The van der Waals surface area contributed by atoms with Gasteiger partial charge in [-0.05, 0) is 31.2 Å². The molecule has 1 atom stereocenters. The van der Waals surface area contributed by atoms with Crippen molar-refractivity contribution in [2.24, 2.45) is 5.73 Å². The van der Waals surface area contributed by atoms with Gasteiger partial charge in [-0.2, -0.15) is 0 Å². The van der Waals surface area contributed by atoms with Gasteiger partial charge in [0, 0.05) is 47.0 Å². The van der Waals surface area contributed by atoms with E-state index in [0.29, 0.717) is 16.1 Å². The number of hydrogen-bond donors (Lipinski definition) is 3. The number of amidine groups is 1. The van der Waals surface area contributed by atoms with Gasteiger partial charge in [0.05, 0.1) is 12.7 Å². The predicted molar refractivity (Wildman–Crippen MR) is 140 cm³/mol. The molecule has 0 bridgehead atoms. The molecule has 7 nitrogen and oxygen atoms in total. The molecule has 0 aromatic heterocycles. The lowest BCUT2D eigenvalue weighted by molar-refractivity contribution is -0.133. The smallest absolute Gasteiger partial charge is 0.254 e. The van der Waals surface area contributed by atoms with Crippen molar-refractivity contribution in [3.05, 3.63) is 93.3 Å². The molecular formula is C26H26Cl2F3N3O4. The Bertz CT molecular complexity index is 1290. The van der Waals surface area contributed by atoms with Crippen molar-refractivity contribution in [2.75, 3.05) is 13.7 Å². The maximum absolute atomic E-state index is 14.6. The molecular weight excluding hydrogens is 546 g/mol. The topological polar surface area (TPSA) is 107 Å². The van der Waals surface area contributed by atoms with Gasteiger partial charge in [0.1, 0.15) is 41.4 Å². The number of hydrogen-bond acceptors (Lipinski definition) is 5. The summed E-state index contributed by atoms with van der Waals surface area (Å²) in [5, 5.41) is 10.6. The second-order valence-corrected chi connectivity index (χ2v) is 8.25. The number of nitrogen functional groups attached to an aromatic ring is 1. The molecule has 3 aromatic rings. The summed E-state index contributed by atoms with van der Waals surface area (Å²) >= 11 is 5.94. The first-order valence-electron chi connectivity index (χ1n) is 11.1. The summed E-state index contributed by atoms with van der Waals surface area (Å²) in [4.78, 5) is 13.0. The van der Waals surface area contributed by atoms with Crippen LogP contribution in [0.15, 0.2) is 48.5 Å². The number of carbonyl (C=O) groups is 1. The highest BCUT2D eigenvalue weighted by Gasteiger charge is 2.28. The van der Waals surface area contributed by atoms with E-state index in [4.69, 9.17) is 37.0 Å².